The van der Waals surface area contributed by atoms with Gasteiger partial charge in [0.15, 0.2) is 0 Å². The Labute approximate surface area is 116 Å². The number of amides is 2. The molecular weight excluding hydrogens is 320 g/mol. The Hall–Kier alpha value is -1.96. The highest BCUT2D eigenvalue weighted by atomic mass is 79.9. The highest BCUT2D eigenvalue weighted by Crippen LogP contribution is 2.22. The fourth-order valence-corrected chi connectivity index (χ4v) is 1.86. The van der Waals surface area contributed by atoms with Crippen LogP contribution in [0.3, 0.4) is 0 Å². The molecule has 19 heavy (non-hydrogen) atoms. The number of ether oxygens (including phenoxy) is 1. The SMILES string of the molecule is COc1ncc(Br)cc1C(=O)ON1C(=O)CCC1=O. The summed E-state index contributed by atoms with van der Waals surface area (Å²) in [6.45, 7) is 0. The molecule has 1 fully saturated rings. The number of carbonyl (C=O) groups is 3. The number of pyridine rings is 1. The molecule has 0 bridgehead atoms. The van der Waals surface area contributed by atoms with Gasteiger partial charge < -0.3 is 9.57 Å². The Bertz CT molecular complexity index is 544. The van der Waals surface area contributed by atoms with Gasteiger partial charge in [-0.1, -0.05) is 0 Å². The Morgan fingerprint density at radius 1 is 1.37 bits per heavy atom. The minimum absolute atomic E-state index is 0.0179. The molecule has 7 nitrogen and oxygen atoms in total. The van der Waals surface area contributed by atoms with Gasteiger partial charge in [-0.2, -0.15) is 0 Å². The fraction of sp³-hybridized carbons (Fsp3) is 0.273. The molecule has 2 rings (SSSR count). The summed E-state index contributed by atoms with van der Waals surface area (Å²) in [5.74, 6) is -1.91. The van der Waals surface area contributed by atoms with Crippen molar-refractivity contribution in [2.75, 3.05) is 7.11 Å². The third kappa shape index (κ3) is 2.73. The molecule has 1 aromatic rings. The summed E-state index contributed by atoms with van der Waals surface area (Å²) in [6, 6.07) is 1.43. The van der Waals surface area contributed by atoms with Crippen molar-refractivity contribution in [1.29, 1.82) is 0 Å². The van der Waals surface area contributed by atoms with Gasteiger partial charge in [-0.3, -0.25) is 9.59 Å². The molecule has 0 saturated carbocycles. The van der Waals surface area contributed by atoms with Crippen LogP contribution in [-0.2, 0) is 14.4 Å². The first kappa shape index (κ1) is 13.5. The minimum Gasteiger partial charge on any atom is -0.480 e. The molecule has 8 heteroatoms. The van der Waals surface area contributed by atoms with E-state index in [4.69, 9.17) is 9.57 Å². The van der Waals surface area contributed by atoms with Crippen molar-refractivity contribution in [2.45, 2.75) is 12.8 Å². The smallest absolute Gasteiger partial charge is 0.369 e. The maximum absolute atomic E-state index is 11.9. The second-order valence-electron chi connectivity index (χ2n) is 3.67. The molecule has 0 N–H and O–H groups in total. The predicted octanol–water partition coefficient (Wildman–Crippen LogP) is 1.07. The van der Waals surface area contributed by atoms with Crippen LogP contribution in [0.15, 0.2) is 16.7 Å². The van der Waals surface area contributed by atoms with E-state index < -0.39 is 17.8 Å². The van der Waals surface area contributed by atoms with Crippen LogP contribution in [0.25, 0.3) is 0 Å². The largest absolute Gasteiger partial charge is 0.480 e. The molecule has 0 spiro atoms. The van der Waals surface area contributed by atoms with E-state index in [0.29, 0.717) is 9.54 Å². The lowest BCUT2D eigenvalue weighted by atomic mass is 10.3. The molecule has 1 aliphatic rings. The summed E-state index contributed by atoms with van der Waals surface area (Å²) in [5.41, 5.74) is 0.0179. The van der Waals surface area contributed by atoms with Gasteiger partial charge in [0.2, 0.25) is 5.88 Å². The van der Waals surface area contributed by atoms with E-state index >= 15 is 0 Å². The molecule has 0 atom stereocenters. The first-order valence-corrected chi connectivity index (χ1v) is 6.10. The Morgan fingerprint density at radius 3 is 2.58 bits per heavy atom. The van der Waals surface area contributed by atoms with Crippen LogP contribution in [0, 0.1) is 0 Å². The van der Waals surface area contributed by atoms with Gasteiger partial charge in [0.05, 0.1) is 7.11 Å². The van der Waals surface area contributed by atoms with E-state index in [9.17, 15) is 14.4 Å². The highest BCUT2D eigenvalue weighted by Gasteiger charge is 2.33. The van der Waals surface area contributed by atoms with E-state index in [-0.39, 0.29) is 24.3 Å². The zero-order chi connectivity index (χ0) is 14.0. The van der Waals surface area contributed by atoms with Crippen LogP contribution in [0.4, 0.5) is 0 Å². The highest BCUT2D eigenvalue weighted by molar-refractivity contribution is 9.10. The number of hydrogen-bond acceptors (Lipinski definition) is 6. The van der Waals surface area contributed by atoms with Crippen molar-refractivity contribution in [3.63, 3.8) is 0 Å². The summed E-state index contributed by atoms with van der Waals surface area (Å²) >= 11 is 3.16. The summed E-state index contributed by atoms with van der Waals surface area (Å²) in [7, 11) is 1.35. The van der Waals surface area contributed by atoms with Crippen molar-refractivity contribution in [3.05, 3.63) is 22.3 Å². The molecule has 0 aliphatic carbocycles. The number of carbonyl (C=O) groups excluding carboxylic acids is 3. The van der Waals surface area contributed by atoms with Crippen molar-refractivity contribution in [2.24, 2.45) is 0 Å². The van der Waals surface area contributed by atoms with E-state index in [1.54, 1.807) is 0 Å². The maximum atomic E-state index is 11.9. The molecule has 0 aromatic carbocycles. The quantitative estimate of drug-likeness (QED) is 0.771. The average molecular weight is 329 g/mol. The number of halogens is 1. The zero-order valence-corrected chi connectivity index (χ0v) is 11.5. The predicted molar refractivity (Wildman–Crippen MR) is 65.0 cm³/mol. The monoisotopic (exact) mass is 328 g/mol. The first-order valence-electron chi connectivity index (χ1n) is 5.30. The van der Waals surface area contributed by atoms with Gasteiger partial charge in [-0.25, -0.2) is 9.78 Å². The van der Waals surface area contributed by atoms with Crippen molar-refractivity contribution in [3.8, 4) is 5.88 Å². The molecule has 1 saturated heterocycles. The van der Waals surface area contributed by atoms with Gasteiger partial charge in [0, 0.05) is 23.5 Å². The first-order chi connectivity index (χ1) is 9.02. The van der Waals surface area contributed by atoms with Crippen LogP contribution in [0.1, 0.15) is 23.2 Å². The van der Waals surface area contributed by atoms with Gasteiger partial charge in [-0.15, -0.1) is 5.06 Å². The zero-order valence-electron chi connectivity index (χ0n) is 9.88. The average Bonchev–Trinajstić information content (AvgIpc) is 2.70. The van der Waals surface area contributed by atoms with Gasteiger partial charge in [0.1, 0.15) is 5.56 Å². The number of rotatable bonds is 3. The fourth-order valence-electron chi connectivity index (χ4n) is 1.53. The van der Waals surface area contributed by atoms with E-state index in [2.05, 4.69) is 20.9 Å². The van der Waals surface area contributed by atoms with E-state index in [1.807, 2.05) is 0 Å². The number of methoxy groups -OCH3 is 1. The molecule has 2 amide bonds. The summed E-state index contributed by atoms with van der Waals surface area (Å²) in [5, 5.41) is 0.475. The molecule has 1 aromatic heterocycles. The van der Waals surface area contributed by atoms with Gasteiger partial charge in [-0.05, 0) is 22.0 Å². The molecule has 0 unspecified atom stereocenters. The Morgan fingerprint density at radius 2 is 2.00 bits per heavy atom. The normalized spacial score (nSPS) is 14.7. The number of hydrogen-bond donors (Lipinski definition) is 0. The molecular formula is C11H9BrN2O5. The third-order valence-corrected chi connectivity index (χ3v) is 2.84. The van der Waals surface area contributed by atoms with Crippen molar-refractivity contribution >= 4 is 33.7 Å². The number of imide groups is 1. The van der Waals surface area contributed by atoms with Crippen LogP contribution in [-0.4, -0.2) is 34.9 Å². The topological polar surface area (TPSA) is 85.8 Å². The van der Waals surface area contributed by atoms with Crippen LogP contribution < -0.4 is 4.74 Å². The summed E-state index contributed by atoms with van der Waals surface area (Å²) < 4.78 is 5.46. The number of aromatic nitrogens is 1. The lowest BCUT2D eigenvalue weighted by molar-refractivity contribution is -0.172. The molecule has 0 radical (unpaired) electrons. The number of hydroxylamine groups is 2. The van der Waals surface area contributed by atoms with Gasteiger partial charge >= 0.3 is 5.97 Å². The van der Waals surface area contributed by atoms with E-state index in [1.165, 1.54) is 19.4 Å². The number of nitrogens with zero attached hydrogens (tertiary/aromatic N) is 2. The lowest BCUT2D eigenvalue weighted by Crippen LogP contribution is -2.32. The van der Waals surface area contributed by atoms with Crippen LogP contribution >= 0.6 is 15.9 Å². The van der Waals surface area contributed by atoms with Crippen LogP contribution in [0.2, 0.25) is 0 Å². The standard InChI is InChI=1S/C11H9BrN2O5/c1-18-10-7(4-6(12)5-13-10)11(17)19-14-8(15)2-3-9(14)16/h4-5H,2-3H2,1H3. The molecule has 2 heterocycles. The Kier molecular flexibility index (Phi) is 3.79. The molecule has 100 valence electrons. The maximum Gasteiger partial charge on any atom is 0.369 e. The van der Waals surface area contributed by atoms with Crippen molar-refractivity contribution < 1.29 is 24.0 Å². The Balaban J connectivity index is 2.22. The minimum atomic E-state index is -0.880. The van der Waals surface area contributed by atoms with E-state index in [0.717, 1.165) is 0 Å². The third-order valence-electron chi connectivity index (χ3n) is 2.41. The van der Waals surface area contributed by atoms with Crippen LogP contribution in [0.5, 0.6) is 5.88 Å². The van der Waals surface area contributed by atoms with Crippen molar-refractivity contribution in [1.82, 2.24) is 10.0 Å². The summed E-state index contributed by atoms with van der Waals surface area (Å²) in [6.07, 6.45) is 1.53. The second kappa shape index (κ2) is 5.35. The molecule has 1 aliphatic heterocycles. The van der Waals surface area contributed by atoms with Gasteiger partial charge in [0.25, 0.3) is 11.8 Å². The summed E-state index contributed by atoms with van der Waals surface area (Å²) in [4.78, 5) is 43.2. The second-order valence-corrected chi connectivity index (χ2v) is 4.59. The lowest BCUT2D eigenvalue weighted by Gasteiger charge is -2.13.